The van der Waals surface area contributed by atoms with Gasteiger partial charge < -0.3 is 5.11 Å². The van der Waals surface area contributed by atoms with Crippen molar-refractivity contribution in [1.29, 1.82) is 0 Å². The number of halogens is 2. The Morgan fingerprint density at radius 3 is 2.30 bits per heavy atom. The molecule has 104 valence electrons. The van der Waals surface area contributed by atoms with E-state index in [1.807, 2.05) is 12.1 Å². The third-order valence-corrected chi connectivity index (χ3v) is 4.25. The Balaban J connectivity index is 1.83. The highest BCUT2D eigenvalue weighted by Crippen LogP contribution is 2.37. The van der Waals surface area contributed by atoms with Gasteiger partial charge in [0.05, 0.1) is 0 Å². The van der Waals surface area contributed by atoms with E-state index in [-0.39, 0.29) is 0 Å². The molecule has 0 radical (unpaired) electrons. The minimum Gasteiger partial charge on any atom is -0.384 e. The standard InChI is InChI=1S/C17H16ClFO/c18-15-8-14(9-16(19)10-15)17(20)13-6-4-12(5-7-13)11-2-1-3-11/h4-11,17,20H,1-3H2. The summed E-state index contributed by atoms with van der Waals surface area (Å²) in [6.45, 7) is 0. The first-order valence-corrected chi connectivity index (χ1v) is 7.25. The van der Waals surface area contributed by atoms with E-state index in [1.165, 1.54) is 37.0 Å². The summed E-state index contributed by atoms with van der Waals surface area (Å²) in [5.41, 5.74) is 2.56. The van der Waals surface area contributed by atoms with Crippen molar-refractivity contribution in [2.75, 3.05) is 0 Å². The van der Waals surface area contributed by atoms with Crippen molar-refractivity contribution >= 4 is 11.6 Å². The second kappa shape index (κ2) is 5.55. The van der Waals surface area contributed by atoms with Crippen LogP contribution in [0.2, 0.25) is 5.02 Å². The molecule has 3 heteroatoms. The van der Waals surface area contributed by atoms with Crippen molar-refractivity contribution < 1.29 is 9.50 Å². The molecule has 1 unspecified atom stereocenters. The van der Waals surface area contributed by atoms with Gasteiger partial charge in [-0.25, -0.2) is 4.39 Å². The van der Waals surface area contributed by atoms with E-state index < -0.39 is 11.9 Å². The molecule has 3 rings (SSSR count). The molecule has 0 spiro atoms. The first-order valence-electron chi connectivity index (χ1n) is 6.87. The van der Waals surface area contributed by atoms with Crippen LogP contribution in [-0.2, 0) is 0 Å². The van der Waals surface area contributed by atoms with Crippen LogP contribution in [0.4, 0.5) is 4.39 Å². The smallest absolute Gasteiger partial charge is 0.125 e. The molecule has 0 aliphatic heterocycles. The summed E-state index contributed by atoms with van der Waals surface area (Å²) in [6.07, 6.45) is 2.96. The number of hydrogen-bond donors (Lipinski definition) is 1. The number of aliphatic hydroxyl groups excluding tert-OH is 1. The Labute approximate surface area is 123 Å². The minimum atomic E-state index is -0.848. The summed E-state index contributed by atoms with van der Waals surface area (Å²) >= 11 is 5.82. The lowest BCUT2D eigenvalue weighted by molar-refractivity contribution is 0.219. The first kappa shape index (κ1) is 13.6. The molecule has 2 aromatic carbocycles. The second-order valence-corrected chi connectivity index (χ2v) is 5.84. The average molecular weight is 291 g/mol. The monoisotopic (exact) mass is 290 g/mol. The predicted molar refractivity (Wildman–Crippen MR) is 78.5 cm³/mol. The van der Waals surface area contributed by atoms with E-state index >= 15 is 0 Å². The van der Waals surface area contributed by atoms with Crippen molar-refractivity contribution in [2.24, 2.45) is 0 Å². The molecular weight excluding hydrogens is 275 g/mol. The highest BCUT2D eigenvalue weighted by atomic mass is 35.5. The summed E-state index contributed by atoms with van der Waals surface area (Å²) in [5, 5.41) is 10.6. The van der Waals surface area contributed by atoms with E-state index in [1.54, 1.807) is 6.07 Å². The van der Waals surface area contributed by atoms with Crippen LogP contribution < -0.4 is 0 Å². The van der Waals surface area contributed by atoms with E-state index in [2.05, 4.69) is 12.1 Å². The quantitative estimate of drug-likeness (QED) is 0.858. The van der Waals surface area contributed by atoms with Crippen molar-refractivity contribution in [1.82, 2.24) is 0 Å². The lowest BCUT2D eigenvalue weighted by Gasteiger charge is -2.26. The molecule has 1 nitrogen and oxygen atoms in total. The number of hydrogen-bond acceptors (Lipinski definition) is 1. The lowest BCUT2D eigenvalue weighted by atomic mass is 9.80. The molecular formula is C17H16ClFO. The van der Waals surface area contributed by atoms with Crippen molar-refractivity contribution in [3.8, 4) is 0 Å². The normalized spacial score (nSPS) is 16.8. The summed E-state index contributed by atoms with van der Waals surface area (Å²) in [6, 6.07) is 12.1. The van der Waals surface area contributed by atoms with Crippen LogP contribution in [0.3, 0.4) is 0 Å². The van der Waals surface area contributed by atoms with Gasteiger partial charge in [0.15, 0.2) is 0 Å². The maximum Gasteiger partial charge on any atom is 0.125 e. The third kappa shape index (κ3) is 2.72. The van der Waals surface area contributed by atoms with Crippen LogP contribution in [0.15, 0.2) is 42.5 Å². The lowest BCUT2D eigenvalue weighted by Crippen LogP contribution is -2.09. The van der Waals surface area contributed by atoms with Gasteiger partial charge in [-0.1, -0.05) is 42.3 Å². The average Bonchev–Trinajstić information content (AvgIpc) is 2.35. The SMILES string of the molecule is OC(c1ccc(C2CCC2)cc1)c1cc(F)cc(Cl)c1. The van der Waals surface area contributed by atoms with E-state index in [4.69, 9.17) is 11.6 Å². The van der Waals surface area contributed by atoms with Gasteiger partial charge in [0.25, 0.3) is 0 Å². The minimum absolute atomic E-state index is 0.296. The fraction of sp³-hybridized carbons (Fsp3) is 0.294. The fourth-order valence-electron chi connectivity index (χ4n) is 2.62. The topological polar surface area (TPSA) is 20.2 Å². The summed E-state index contributed by atoms with van der Waals surface area (Å²) in [4.78, 5) is 0. The molecule has 0 aromatic heterocycles. The molecule has 0 heterocycles. The zero-order valence-electron chi connectivity index (χ0n) is 11.0. The maximum absolute atomic E-state index is 13.3. The van der Waals surface area contributed by atoms with Crippen LogP contribution in [0.1, 0.15) is 48.0 Å². The summed E-state index contributed by atoms with van der Waals surface area (Å²) < 4.78 is 13.3. The molecule has 0 bridgehead atoms. The molecule has 1 aliphatic carbocycles. The number of rotatable bonds is 3. The molecule has 1 N–H and O–H groups in total. The maximum atomic E-state index is 13.3. The summed E-state index contributed by atoms with van der Waals surface area (Å²) in [7, 11) is 0. The van der Waals surface area contributed by atoms with Gasteiger partial charge in [-0.3, -0.25) is 0 Å². The predicted octanol–water partition coefficient (Wildman–Crippen LogP) is 4.83. The van der Waals surface area contributed by atoms with Gasteiger partial charge in [-0.05, 0) is 53.6 Å². The molecule has 20 heavy (non-hydrogen) atoms. The van der Waals surface area contributed by atoms with E-state index in [9.17, 15) is 9.50 Å². The van der Waals surface area contributed by atoms with Gasteiger partial charge >= 0.3 is 0 Å². The largest absolute Gasteiger partial charge is 0.384 e. The van der Waals surface area contributed by atoms with Crippen molar-refractivity contribution in [2.45, 2.75) is 31.3 Å². The highest BCUT2D eigenvalue weighted by Gasteiger charge is 2.20. The molecule has 1 saturated carbocycles. The van der Waals surface area contributed by atoms with Crippen LogP contribution in [0, 0.1) is 5.82 Å². The highest BCUT2D eigenvalue weighted by molar-refractivity contribution is 6.30. The molecule has 2 aromatic rings. The molecule has 0 saturated heterocycles. The zero-order valence-corrected chi connectivity index (χ0v) is 11.8. The van der Waals surface area contributed by atoms with Crippen molar-refractivity contribution in [3.05, 3.63) is 70.0 Å². The zero-order chi connectivity index (χ0) is 14.1. The van der Waals surface area contributed by atoms with Crippen LogP contribution in [-0.4, -0.2) is 5.11 Å². The second-order valence-electron chi connectivity index (χ2n) is 5.40. The Morgan fingerprint density at radius 1 is 1.05 bits per heavy atom. The van der Waals surface area contributed by atoms with E-state index in [0.717, 1.165) is 5.56 Å². The van der Waals surface area contributed by atoms with Gasteiger partial charge in [0, 0.05) is 5.02 Å². The Morgan fingerprint density at radius 2 is 1.75 bits per heavy atom. The Hall–Kier alpha value is -1.38. The van der Waals surface area contributed by atoms with Gasteiger partial charge in [-0.2, -0.15) is 0 Å². The number of aliphatic hydroxyl groups is 1. The molecule has 1 aliphatic rings. The summed E-state index contributed by atoms with van der Waals surface area (Å²) in [5.74, 6) is 0.238. The fourth-order valence-corrected chi connectivity index (χ4v) is 2.85. The third-order valence-electron chi connectivity index (χ3n) is 4.03. The molecule has 1 fully saturated rings. The van der Waals surface area contributed by atoms with Crippen molar-refractivity contribution in [3.63, 3.8) is 0 Å². The Bertz CT molecular complexity index is 585. The van der Waals surface area contributed by atoms with Crippen LogP contribution in [0.25, 0.3) is 0 Å². The van der Waals surface area contributed by atoms with E-state index in [0.29, 0.717) is 16.5 Å². The number of benzene rings is 2. The van der Waals surface area contributed by atoms with Gasteiger partial charge in [0.2, 0.25) is 0 Å². The molecule has 0 amide bonds. The Kier molecular flexibility index (Phi) is 3.77. The molecule has 1 atom stereocenters. The van der Waals surface area contributed by atoms with Crippen LogP contribution in [0.5, 0.6) is 0 Å². The van der Waals surface area contributed by atoms with Gasteiger partial charge in [-0.15, -0.1) is 0 Å². The van der Waals surface area contributed by atoms with Crippen LogP contribution >= 0.6 is 11.6 Å². The first-order chi connectivity index (χ1) is 9.63. The van der Waals surface area contributed by atoms with Gasteiger partial charge in [0.1, 0.15) is 11.9 Å².